The van der Waals surface area contributed by atoms with E-state index in [0.29, 0.717) is 6.04 Å². The zero-order valence-corrected chi connectivity index (χ0v) is 16.3. The Bertz CT molecular complexity index is 629. The van der Waals surface area contributed by atoms with Gasteiger partial charge in [-0.1, -0.05) is 56.5 Å². The van der Waals surface area contributed by atoms with Crippen LogP contribution in [0.4, 0.5) is 5.82 Å². The second-order valence-electron chi connectivity index (χ2n) is 6.69. The van der Waals surface area contributed by atoms with Gasteiger partial charge in [0.1, 0.15) is 0 Å². The topological polar surface area (TPSA) is 36.4 Å². The Balaban J connectivity index is 0.00000225. The first-order valence-electron chi connectivity index (χ1n) is 9.15. The zero-order valence-electron chi connectivity index (χ0n) is 14.9. The first-order valence-corrected chi connectivity index (χ1v) is 9.15. The van der Waals surface area contributed by atoms with Crippen LogP contribution in [0.1, 0.15) is 62.8 Å². The van der Waals surface area contributed by atoms with E-state index in [0.717, 1.165) is 30.9 Å². The molecule has 1 aromatic heterocycles. The van der Waals surface area contributed by atoms with E-state index in [2.05, 4.69) is 48.2 Å². The van der Waals surface area contributed by atoms with Crippen LogP contribution < -0.4 is 4.90 Å². The Morgan fingerprint density at radius 2 is 1.92 bits per heavy atom. The summed E-state index contributed by atoms with van der Waals surface area (Å²) in [5.74, 6) is 0.874. The van der Waals surface area contributed by atoms with Crippen LogP contribution in [0.15, 0.2) is 42.5 Å². The number of anilines is 1. The van der Waals surface area contributed by atoms with Gasteiger partial charge in [-0.15, -0.1) is 0 Å². The van der Waals surface area contributed by atoms with Crippen molar-refractivity contribution in [1.82, 2.24) is 4.98 Å². The number of aromatic nitrogens is 1. The minimum atomic E-state index is -0.481. The molecule has 0 aliphatic heterocycles. The van der Waals surface area contributed by atoms with Gasteiger partial charge in [-0.05, 0) is 30.5 Å². The van der Waals surface area contributed by atoms with Crippen molar-refractivity contribution in [2.75, 3.05) is 4.90 Å². The molecule has 1 atom stereocenters. The molecule has 3 nitrogen and oxygen atoms in total. The van der Waals surface area contributed by atoms with Crippen LogP contribution in [0.2, 0.25) is 0 Å². The van der Waals surface area contributed by atoms with E-state index in [1.54, 1.807) is 0 Å². The minimum Gasteiger partial charge on any atom is -0.388 e. The molecule has 0 bridgehead atoms. The molecule has 1 radical (unpaired) electrons. The molecule has 3 rings (SSSR count). The van der Waals surface area contributed by atoms with Crippen molar-refractivity contribution in [2.45, 2.75) is 64.1 Å². The Hall–Kier alpha value is -1.29. The Morgan fingerprint density at radius 1 is 1.20 bits per heavy atom. The molecular weight excluding hydrogens is 347 g/mol. The molecule has 0 saturated heterocycles. The zero-order chi connectivity index (χ0) is 16.8. The van der Waals surface area contributed by atoms with Crippen molar-refractivity contribution in [3.8, 4) is 0 Å². The summed E-state index contributed by atoms with van der Waals surface area (Å²) in [5, 5.41) is 10.3. The average molecular weight is 374 g/mol. The van der Waals surface area contributed by atoms with Crippen LogP contribution in [0, 0.1) is 6.07 Å². The molecule has 1 heterocycles. The number of hydrogen-bond donors (Lipinski definition) is 1. The third-order valence-electron chi connectivity index (χ3n) is 4.84. The summed E-state index contributed by atoms with van der Waals surface area (Å²) in [6.45, 7) is 2.93. The van der Waals surface area contributed by atoms with Crippen molar-refractivity contribution in [3.63, 3.8) is 0 Å². The third kappa shape index (κ3) is 5.34. The van der Waals surface area contributed by atoms with E-state index in [4.69, 9.17) is 4.98 Å². The smallest absolute Gasteiger partial charge is 0.0792 e. The Morgan fingerprint density at radius 3 is 2.60 bits per heavy atom. The van der Waals surface area contributed by atoms with Crippen LogP contribution in [0.25, 0.3) is 0 Å². The molecule has 1 aromatic carbocycles. The van der Waals surface area contributed by atoms with E-state index in [-0.39, 0.29) is 18.6 Å². The summed E-state index contributed by atoms with van der Waals surface area (Å²) in [6.07, 6.45) is 6.22. The van der Waals surface area contributed by atoms with Gasteiger partial charge in [0.2, 0.25) is 0 Å². The normalized spacial score (nSPS) is 15.6. The van der Waals surface area contributed by atoms with E-state index < -0.39 is 6.10 Å². The van der Waals surface area contributed by atoms with Crippen molar-refractivity contribution >= 4 is 5.82 Å². The summed E-state index contributed by atoms with van der Waals surface area (Å²) < 4.78 is 0. The minimum absolute atomic E-state index is 0. The summed E-state index contributed by atoms with van der Waals surface area (Å²) in [5.41, 5.74) is 2.06. The van der Waals surface area contributed by atoms with Crippen molar-refractivity contribution in [2.24, 2.45) is 0 Å². The third-order valence-corrected chi connectivity index (χ3v) is 4.84. The van der Waals surface area contributed by atoms with Crippen LogP contribution in [0.5, 0.6) is 0 Å². The van der Waals surface area contributed by atoms with Gasteiger partial charge in [0.15, 0.2) is 0 Å². The van der Waals surface area contributed by atoms with E-state index in [1.165, 1.54) is 31.2 Å². The molecule has 1 N–H and O–H groups in total. The maximum absolute atomic E-state index is 10.3. The van der Waals surface area contributed by atoms with Crippen molar-refractivity contribution in [3.05, 3.63) is 59.8 Å². The Labute approximate surface area is 163 Å². The van der Waals surface area contributed by atoms with Gasteiger partial charge in [0.25, 0.3) is 0 Å². The van der Waals surface area contributed by atoms with Gasteiger partial charge in [-0.3, -0.25) is 4.98 Å². The summed E-state index contributed by atoms with van der Waals surface area (Å²) in [6, 6.07) is 18.2. The molecule has 1 unspecified atom stereocenters. The molecule has 4 heteroatoms. The number of rotatable bonds is 7. The number of pyridine rings is 1. The largest absolute Gasteiger partial charge is 0.388 e. The molecule has 25 heavy (non-hydrogen) atoms. The second-order valence-corrected chi connectivity index (χ2v) is 6.69. The van der Waals surface area contributed by atoms with Gasteiger partial charge in [0, 0.05) is 37.0 Å². The monoisotopic (exact) mass is 374 g/mol. The predicted octanol–water partition coefficient (Wildman–Crippen LogP) is 4.66. The predicted molar refractivity (Wildman–Crippen MR) is 97.8 cm³/mol. The maximum atomic E-state index is 10.3. The fourth-order valence-corrected chi connectivity index (χ4v) is 3.52. The summed E-state index contributed by atoms with van der Waals surface area (Å²) in [4.78, 5) is 7.13. The number of benzene rings is 1. The molecule has 2 aromatic rings. The van der Waals surface area contributed by atoms with Crippen molar-refractivity contribution < 1.29 is 23.7 Å². The van der Waals surface area contributed by atoms with E-state index in [1.807, 2.05) is 12.1 Å². The van der Waals surface area contributed by atoms with Crippen LogP contribution >= 0.6 is 0 Å². The van der Waals surface area contributed by atoms with Gasteiger partial charge >= 0.3 is 0 Å². The Kier molecular flexibility index (Phi) is 8.02. The first-order chi connectivity index (χ1) is 11.8. The molecule has 1 saturated carbocycles. The average Bonchev–Trinajstić information content (AvgIpc) is 3.15. The quantitative estimate of drug-likeness (QED) is 0.716. The van der Waals surface area contributed by atoms with Gasteiger partial charge in [-0.25, -0.2) is 12.1 Å². The van der Waals surface area contributed by atoms with E-state index >= 15 is 0 Å². The molecule has 1 aliphatic rings. The number of aliphatic hydroxyl groups excluding tert-OH is 1. The maximum Gasteiger partial charge on any atom is 0.0792 e. The van der Waals surface area contributed by atoms with Crippen LogP contribution in [-0.2, 0) is 25.1 Å². The summed E-state index contributed by atoms with van der Waals surface area (Å²) in [7, 11) is 0. The van der Waals surface area contributed by atoms with Gasteiger partial charge < -0.3 is 10.0 Å². The number of aliphatic hydroxyl groups is 1. The molecule has 1 aliphatic carbocycles. The second kappa shape index (κ2) is 10.0. The van der Waals surface area contributed by atoms with Crippen LogP contribution in [0.3, 0.4) is 0 Å². The SMILES string of the molecule is CCCC(O)c1cc[c-]c(N(Cc2ccccc2)C2CCCC2)n1.[V]. The molecule has 0 amide bonds. The molecular formula is C21H27N2OV-. The fourth-order valence-electron chi connectivity index (χ4n) is 3.52. The molecule has 133 valence electrons. The van der Waals surface area contributed by atoms with E-state index in [9.17, 15) is 5.11 Å². The first kappa shape index (κ1) is 20.0. The number of nitrogens with zero attached hydrogens (tertiary/aromatic N) is 2. The fraction of sp³-hybridized carbons (Fsp3) is 0.476. The molecule has 1 fully saturated rings. The summed E-state index contributed by atoms with van der Waals surface area (Å²) >= 11 is 0. The van der Waals surface area contributed by atoms with Gasteiger partial charge in [0.05, 0.1) is 6.10 Å². The standard InChI is InChI=1S/C21H27N2O.V/c1-2-9-20(24)19-14-8-15-21(22-19)23(18-12-6-7-13-18)16-17-10-4-3-5-11-17;/h3-5,8,10-11,14,18,20,24H,2,6-7,9,12-13,16H2,1H3;/q-1;. The molecule has 0 spiro atoms. The number of hydrogen-bond acceptors (Lipinski definition) is 3. The van der Waals surface area contributed by atoms with Gasteiger partial charge in [-0.2, -0.15) is 6.07 Å². The van der Waals surface area contributed by atoms with Crippen molar-refractivity contribution in [1.29, 1.82) is 0 Å². The van der Waals surface area contributed by atoms with Crippen LogP contribution in [-0.4, -0.2) is 16.1 Å².